The van der Waals surface area contributed by atoms with Gasteiger partial charge in [0.25, 0.3) is 5.91 Å². The average molecular weight is 291 g/mol. The Kier molecular flexibility index (Phi) is 4.64. The standard InChI is InChI=1S/C14H21N5O2/c1-10-4-5-11(21-10)9-19(7-6-18(2)3)14(20)12-8-13(15)17-16-12/h4-5,8H,6-7,9H2,1-3H3,(H3,15,16,17). The van der Waals surface area contributed by atoms with Gasteiger partial charge < -0.3 is 20.0 Å². The third-order valence-corrected chi connectivity index (χ3v) is 3.08. The summed E-state index contributed by atoms with van der Waals surface area (Å²) in [6, 6.07) is 5.31. The molecule has 21 heavy (non-hydrogen) atoms. The van der Waals surface area contributed by atoms with Crippen LogP contribution < -0.4 is 5.73 Å². The number of nitrogens with zero attached hydrogens (tertiary/aromatic N) is 3. The first kappa shape index (κ1) is 15.1. The number of aryl methyl sites for hydroxylation is 1. The lowest BCUT2D eigenvalue weighted by atomic mass is 10.3. The molecule has 0 aromatic carbocycles. The van der Waals surface area contributed by atoms with E-state index in [-0.39, 0.29) is 5.91 Å². The Morgan fingerprint density at radius 1 is 1.38 bits per heavy atom. The first-order valence-corrected chi connectivity index (χ1v) is 6.76. The second kappa shape index (κ2) is 6.45. The third-order valence-electron chi connectivity index (χ3n) is 3.08. The van der Waals surface area contributed by atoms with Crippen molar-refractivity contribution in [1.82, 2.24) is 20.0 Å². The first-order valence-electron chi connectivity index (χ1n) is 6.76. The normalized spacial score (nSPS) is 11.0. The zero-order valence-electron chi connectivity index (χ0n) is 12.6. The maximum Gasteiger partial charge on any atom is 0.272 e. The summed E-state index contributed by atoms with van der Waals surface area (Å²) in [5.41, 5.74) is 5.94. The van der Waals surface area contributed by atoms with Crippen molar-refractivity contribution >= 4 is 11.7 Å². The van der Waals surface area contributed by atoms with Gasteiger partial charge in [-0.1, -0.05) is 0 Å². The molecule has 0 radical (unpaired) electrons. The molecular formula is C14H21N5O2. The number of hydrogen-bond donors (Lipinski definition) is 2. The van der Waals surface area contributed by atoms with Crippen molar-refractivity contribution in [3.8, 4) is 0 Å². The molecule has 2 heterocycles. The lowest BCUT2D eigenvalue weighted by molar-refractivity contribution is 0.0713. The molecule has 2 rings (SSSR count). The largest absolute Gasteiger partial charge is 0.464 e. The fraction of sp³-hybridized carbons (Fsp3) is 0.429. The van der Waals surface area contributed by atoms with E-state index >= 15 is 0 Å². The van der Waals surface area contributed by atoms with Crippen LogP contribution >= 0.6 is 0 Å². The van der Waals surface area contributed by atoms with E-state index in [2.05, 4.69) is 10.2 Å². The van der Waals surface area contributed by atoms with E-state index in [4.69, 9.17) is 10.2 Å². The van der Waals surface area contributed by atoms with Gasteiger partial charge in [0.05, 0.1) is 6.54 Å². The molecule has 0 fully saturated rings. The molecule has 0 spiro atoms. The van der Waals surface area contributed by atoms with Crippen LogP contribution in [0.5, 0.6) is 0 Å². The highest BCUT2D eigenvalue weighted by molar-refractivity contribution is 5.92. The number of aromatic amines is 1. The van der Waals surface area contributed by atoms with E-state index in [0.29, 0.717) is 24.6 Å². The Labute approximate surface area is 123 Å². The number of nitrogens with two attached hydrogens (primary N) is 1. The van der Waals surface area contributed by atoms with Crippen LogP contribution in [-0.4, -0.2) is 53.1 Å². The van der Waals surface area contributed by atoms with Gasteiger partial charge in [-0.25, -0.2) is 0 Å². The molecule has 1 amide bonds. The van der Waals surface area contributed by atoms with Gasteiger partial charge in [-0.2, -0.15) is 5.10 Å². The second-order valence-corrected chi connectivity index (χ2v) is 5.25. The lowest BCUT2D eigenvalue weighted by Gasteiger charge is -2.22. The number of nitrogens with one attached hydrogen (secondary N) is 1. The average Bonchev–Trinajstić information content (AvgIpc) is 3.02. The summed E-state index contributed by atoms with van der Waals surface area (Å²) < 4.78 is 5.55. The van der Waals surface area contributed by atoms with E-state index in [1.54, 1.807) is 11.0 Å². The van der Waals surface area contributed by atoms with Gasteiger partial charge in [-0.05, 0) is 33.2 Å². The molecule has 7 nitrogen and oxygen atoms in total. The van der Waals surface area contributed by atoms with Crippen molar-refractivity contribution in [2.75, 3.05) is 32.9 Å². The van der Waals surface area contributed by atoms with E-state index in [1.165, 1.54) is 0 Å². The number of carbonyl (C=O) groups is 1. The number of nitrogen functional groups attached to an aromatic ring is 1. The monoisotopic (exact) mass is 291 g/mol. The number of carbonyl (C=O) groups excluding carboxylic acids is 1. The summed E-state index contributed by atoms with van der Waals surface area (Å²) in [6.07, 6.45) is 0. The number of amides is 1. The van der Waals surface area contributed by atoms with Crippen molar-refractivity contribution in [2.45, 2.75) is 13.5 Å². The molecule has 0 atom stereocenters. The van der Waals surface area contributed by atoms with Gasteiger partial charge in [0.1, 0.15) is 23.0 Å². The van der Waals surface area contributed by atoms with Gasteiger partial charge in [-0.15, -0.1) is 0 Å². The molecule has 2 aromatic rings. The van der Waals surface area contributed by atoms with Crippen LogP contribution in [0.2, 0.25) is 0 Å². The number of hydrogen-bond acceptors (Lipinski definition) is 5. The van der Waals surface area contributed by atoms with Crippen molar-refractivity contribution in [3.05, 3.63) is 35.4 Å². The van der Waals surface area contributed by atoms with E-state index in [9.17, 15) is 4.79 Å². The van der Waals surface area contributed by atoms with Crippen molar-refractivity contribution in [3.63, 3.8) is 0 Å². The number of anilines is 1. The van der Waals surface area contributed by atoms with E-state index in [1.807, 2.05) is 38.1 Å². The summed E-state index contributed by atoms with van der Waals surface area (Å²) in [7, 11) is 3.93. The number of rotatable bonds is 6. The molecule has 0 unspecified atom stereocenters. The molecule has 0 aliphatic heterocycles. The highest BCUT2D eigenvalue weighted by Crippen LogP contribution is 2.13. The number of aromatic nitrogens is 2. The highest BCUT2D eigenvalue weighted by atomic mass is 16.3. The Bertz CT molecular complexity index is 602. The van der Waals surface area contributed by atoms with Crippen LogP contribution in [0.4, 0.5) is 5.82 Å². The lowest BCUT2D eigenvalue weighted by Crippen LogP contribution is -2.36. The minimum atomic E-state index is -0.143. The van der Waals surface area contributed by atoms with Crippen molar-refractivity contribution < 1.29 is 9.21 Å². The summed E-state index contributed by atoms with van der Waals surface area (Å²) in [5, 5.41) is 6.45. The zero-order chi connectivity index (χ0) is 15.4. The molecule has 0 bridgehead atoms. The highest BCUT2D eigenvalue weighted by Gasteiger charge is 2.19. The molecular weight excluding hydrogens is 270 g/mol. The van der Waals surface area contributed by atoms with Crippen molar-refractivity contribution in [1.29, 1.82) is 0 Å². The Morgan fingerprint density at radius 3 is 2.67 bits per heavy atom. The topological polar surface area (TPSA) is 91.4 Å². The molecule has 2 aromatic heterocycles. The van der Waals surface area contributed by atoms with Crippen LogP contribution in [0.15, 0.2) is 22.6 Å². The summed E-state index contributed by atoms with van der Waals surface area (Å²) in [5.74, 6) is 1.75. The molecule has 0 saturated heterocycles. The predicted octanol–water partition coefficient (Wildman–Crippen LogP) is 1.10. The minimum Gasteiger partial charge on any atom is -0.464 e. The van der Waals surface area contributed by atoms with E-state index in [0.717, 1.165) is 18.1 Å². The molecule has 7 heteroatoms. The maximum absolute atomic E-state index is 12.5. The fourth-order valence-electron chi connectivity index (χ4n) is 1.95. The van der Waals surface area contributed by atoms with Crippen LogP contribution in [0.3, 0.4) is 0 Å². The Balaban J connectivity index is 2.12. The zero-order valence-corrected chi connectivity index (χ0v) is 12.6. The van der Waals surface area contributed by atoms with Gasteiger partial charge in [0.2, 0.25) is 0 Å². The molecule has 114 valence electrons. The summed E-state index contributed by atoms with van der Waals surface area (Å²) >= 11 is 0. The number of H-pyrrole nitrogens is 1. The molecule has 3 N–H and O–H groups in total. The van der Waals surface area contributed by atoms with Crippen LogP contribution in [0, 0.1) is 6.92 Å². The van der Waals surface area contributed by atoms with Crippen LogP contribution in [0.1, 0.15) is 22.0 Å². The predicted molar refractivity (Wildman–Crippen MR) is 79.7 cm³/mol. The quantitative estimate of drug-likeness (QED) is 0.831. The fourth-order valence-corrected chi connectivity index (χ4v) is 1.95. The molecule has 0 saturated carbocycles. The SMILES string of the molecule is Cc1ccc(CN(CCN(C)C)C(=O)c2cc(N)n[nH]2)o1. The van der Waals surface area contributed by atoms with Gasteiger partial charge >= 0.3 is 0 Å². The van der Waals surface area contributed by atoms with Gasteiger partial charge in [-0.3, -0.25) is 9.89 Å². The number of likely N-dealkylation sites (N-methyl/N-ethyl adjacent to an activating group) is 1. The van der Waals surface area contributed by atoms with Gasteiger partial charge in [0, 0.05) is 19.2 Å². The first-order chi connectivity index (χ1) is 9.95. The maximum atomic E-state index is 12.5. The minimum absolute atomic E-state index is 0.143. The third kappa shape index (κ3) is 4.09. The Hall–Kier alpha value is -2.28. The van der Waals surface area contributed by atoms with Crippen LogP contribution in [-0.2, 0) is 6.54 Å². The van der Waals surface area contributed by atoms with Crippen molar-refractivity contribution in [2.24, 2.45) is 0 Å². The summed E-state index contributed by atoms with van der Waals surface area (Å²) in [4.78, 5) is 16.3. The molecule has 0 aliphatic rings. The molecule has 0 aliphatic carbocycles. The van der Waals surface area contributed by atoms with E-state index < -0.39 is 0 Å². The number of furan rings is 1. The summed E-state index contributed by atoms with van der Waals surface area (Å²) in [6.45, 7) is 3.64. The Morgan fingerprint density at radius 2 is 2.14 bits per heavy atom. The second-order valence-electron chi connectivity index (χ2n) is 5.25. The van der Waals surface area contributed by atoms with Crippen LogP contribution in [0.25, 0.3) is 0 Å². The van der Waals surface area contributed by atoms with Gasteiger partial charge in [0.15, 0.2) is 0 Å². The smallest absolute Gasteiger partial charge is 0.272 e.